The van der Waals surface area contributed by atoms with Gasteiger partial charge in [-0.1, -0.05) is 30.3 Å². The Morgan fingerprint density at radius 1 is 1.16 bits per heavy atom. The van der Waals surface area contributed by atoms with Crippen LogP contribution in [0.1, 0.15) is 45.2 Å². The fraction of sp³-hybridized carbons (Fsp3) is 0.579. The zero-order valence-electron chi connectivity index (χ0n) is 15.1. The van der Waals surface area contributed by atoms with Gasteiger partial charge in [-0.3, -0.25) is 4.90 Å². The fourth-order valence-corrected chi connectivity index (χ4v) is 3.42. The van der Waals surface area contributed by atoms with E-state index in [1.165, 1.54) is 0 Å². The van der Waals surface area contributed by atoms with E-state index in [0.29, 0.717) is 19.7 Å². The van der Waals surface area contributed by atoms with Crippen molar-refractivity contribution in [1.29, 1.82) is 0 Å². The third-order valence-corrected chi connectivity index (χ3v) is 4.61. The van der Waals surface area contributed by atoms with Crippen LogP contribution in [0.2, 0.25) is 0 Å². The summed E-state index contributed by atoms with van der Waals surface area (Å²) < 4.78 is 10.7. The number of ether oxygens (including phenoxy) is 2. The SMILES string of the molecule is CC(C)(C)OC(=O)N1CCC(N2C(=O)OC[C@H]2c2ccccc2)CC1. The van der Waals surface area contributed by atoms with Gasteiger partial charge in [-0.15, -0.1) is 0 Å². The summed E-state index contributed by atoms with van der Waals surface area (Å²) in [4.78, 5) is 28.0. The number of likely N-dealkylation sites (tertiary alicyclic amines) is 1. The normalized spacial score (nSPS) is 22.0. The lowest BCUT2D eigenvalue weighted by Crippen LogP contribution is -2.48. The number of rotatable bonds is 2. The lowest BCUT2D eigenvalue weighted by atomic mass is 9.99. The quantitative estimate of drug-likeness (QED) is 0.821. The first-order chi connectivity index (χ1) is 11.8. The molecule has 1 atom stereocenters. The van der Waals surface area contributed by atoms with Crippen LogP contribution >= 0.6 is 0 Å². The van der Waals surface area contributed by atoms with E-state index in [1.54, 1.807) is 4.90 Å². The van der Waals surface area contributed by atoms with Crippen LogP contribution in [0.5, 0.6) is 0 Å². The van der Waals surface area contributed by atoms with Crippen molar-refractivity contribution < 1.29 is 19.1 Å². The Labute approximate surface area is 148 Å². The maximum absolute atomic E-state index is 12.3. The first-order valence-corrected chi connectivity index (χ1v) is 8.83. The Bertz CT molecular complexity index is 618. The van der Waals surface area contributed by atoms with Crippen molar-refractivity contribution in [3.63, 3.8) is 0 Å². The highest BCUT2D eigenvalue weighted by molar-refractivity contribution is 5.71. The molecule has 3 rings (SSSR count). The molecule has 136 valence electrons. The third-order valence-electron chi connectivity index (χ3n) is 4.61. The lowest BCUT2D eigenvalue weighted by molar-refractivity contribution is 0.0157. The maximum Gasteiger partial charge on any atom is 0.410 e. The Hall–Kier alpha value is -2.24. The fourth-order valence-electron chi connectivity index (χ4n) is 3.42. The molecule has 1 aromatic carbocycles. The van der Waals surface area contributed by atoms with Gasteiger partial charge in [-0.05, 0) is 39.2 Å². The van der Waals surface area contributed by atoms with Gasteiger partial charge in [0.15, 0.2) is 0 Å². The van der Waals surface area contributed by atoms with Gasteiger partial charge in [-0.25, -0.2) is 9.59 Å². The minimum Gasteiger partial charge on any atom is -0.447 e. The molecule has 2 amide bonds. The van der Waals surface area contributed by atoms with Crippen molar-refractivity contribution in [2.24, 2.45) is 0 Å². The van der Waals surface area contributed by atoms with Crippen LogP contribution in [0.15, 0.2) is 30.3 Å². The van der Waals surface area contributed by atoms with Gasteiger partial charge in [0.25, 0.3) is 0 Å². The van der Waals surface area contributed by atoms with Crippen molar-refractivity contribution >= 4 is 12.2 Å². The van der Waals surface area contributed by atoms with E-state index in [9.17, 15) is 9.59 Å². The molecule has 0 bridgehead atoms. The summed E-state index contributed by atoms with van der Waals surface area (Å²) in [6.45, 7) is 7.15. The molecule has 0 N–H and O–H groups in total. The minimum absolute atomic E-state index is 0.0493. The van der Waals surface area contributed by atoms with Gasteiger partial charge >= 0.3 is 12.2 Å². The number of hydrogen-bond donors (Lipinski definition) is 0. The predicted octanol–water partition coefficient (Wildman–Crippen LogP) is 3.58. The summed E-state index contributed by atoms with van der Waals surface area (Å²) in [6, 6.07) is 9.99. The molecule has 2 aliphatic rings. The molecule has 0 saturated carbocycles. The molecule has 1 aromatic rings. The Morgan fingerprint density at radius 3 is 2.40 bits per heavy atom. The smallest absolute Gasteiger partial charge is 0.410 e. The number of carbonyl (C=O) groups excluding carboxylic acids is 2. The zero-order valence-corrected chi connectivity index (χ0v) is 15.1. The molecular formula is C19H26N2O4. The van der Waals surface area contributed by atoms with Gasteiger partial charge in [0.2, 0.25) is 0 Å². The number of piperidine rings is 1. The first-order valence-electron chi connectivity index (χ1n) is 8.83. The van der Waals surface area contributed by atoms with Crippen LogP contribution in [0.25, 0.3) is 0 Å². The molecule has 2 aliphatic heterocycles. The largest absolute Gasteiger partial charge is 0.447 e. The second-order valence-electron chi connectivity index (χ2n) is 7.61. The van der Waals surface area contributed by atoms with Crippen molar-refractivity contribution in [1.82, 2.24) is 9.80 Å². The number of benzene rings is 1. The summed E-state index contributed by atoms with van der Waals surface area (Å²) >= 11 is 0. The van der Waals surface area contributed by atoms with Crippen molar-refractivity contribution in [2.75, 3.05) is 19.7 Å². The Kier molecular flexibility index (Phi) is 4.88. The van der Waals surface area contributed by atoms with E-state index in [1.807, 2.05) is 56.0 Å². The van der Waals surface area contributed by atoms with Gasteiger partial charge in [0.1, 0.15) is 12.2 Å². The van der Waals surface area contributed by atoms with E-state index in [4.69, 9.17) is 9.47 Å². The van der Waals surface area contributed by atoms with Crippen LogP contribution in [-0.2, 0) is 9.47 Å². The van der Waals surface area contributed by atoms with Gasteiger partial charge in [0.05, 0.1) is 6.04 Å². The monoisotopic (exact) mass is 346 g/mol. The Balaban J connectivity index is 1.63. The summed E-state index contributed by atoms with van der Waals surface area (Å²) in [5.74, 6) is 0. The molecule has 6 nitrogen and oxygen atoms in total. The van der Waals surface area contributed by atoms with Gasteiger partial charge in [-0.2, -0.15) is 0 Å². The molecule has 0 spiro atoms. The number of amides is 2. The summed E-state index contributed by atoms with van der Waals surface area (Å²) in [6.07, 6.45) is 0.925. The van der Waals surface area contributed by atoms with Crippen molar-refractivity contribution in [3.05, 3.63) is 35.9 Å². The second kappa shape index (κ2) is 6.94. The van der Waals surface area contributed by atoms with E-state index in [-0.39, 0.29) is 24.3 Å². The molecule has 2 heterocycles. The van der Waals surface area contributed by atoms with Crippen molar-refractivity contribution in [2.45, 2.75) is 51.3 Å². The lowest BCUT2D eigenvalue weighted by Gasteiger charge is -2.38. The number of hydrogen-bond acceptors (Lipinski definition) is 4. The van der Waals surface area contributed by atoms with Crippen LogP contribution in [0, 0.1) is 0 Å². The first kappa shape index (κ1) is 17.6. The molecule has 6 heteroatoms. The summed E-state index contributed by atoms with van der Waals surface area (Å²) in [5, 5.41) is 0. The molecular weight excluding hydrogens is 320 g/mol. The van der Waals surface area contributed by atoms with Crippen LogP contribution < -0.4 is 0 Å². The van der Waals surface area contributed by atoms with Crippen LogP contribution in [-0.4, -0.2) is 53.3 Å². The maximum atomic E-state index is 12.3. The molecule has 25 heavy (non-hydrogen) atoms. The average Bonchev–Trinajstić information content (AvgIpc) is 2.96. The standard InChI is InChI=1S/C19H26N2O4/c1-19(2,3)25-17(22)20-11-9-15(10-12-20)21-16(13-24-18(21)23)14-7-5-4-6-8-14/h4-8,15-16H,9-13H2,1-3H3/t16-/m0/s1. The average molecular weight is 346 g/mol. The second-order valence-corrected chi connectivity index (χ2v) is 7.61. The van der Waals surface area contributed by atoms with E-state index < -0.39 is 5.60 Å². The van der Waals surface area contributed by atoms with Crippen LogP contribution in [0.4, 0.5) is 9.59 Å². The molecule has 2 fully saturated rings. The van der Waals surface area contributed by atoms with Gasteiger partial charge < -0.3 is 14.4 Å². The number of cyclic esters (lactones) is 1. The number of nitrogens with zero attached hydrogens (tertiary/aromatic N) is 2. The van der Waals surface area contributed by atoms with Crippen molar-refractivity contribution in [3.8, 4) is 0 Å². The zero-order chi connectivity index (χ0) is 18.0. The summed E-state index contributed by atoms with van der Waals surface area (Å²) in [7, 11) is 0. The highest BCUT2D eigenvalue weighted by atomic mass is 16.6. The third kappa shape index (κ3) is 4.06. The number of carbonyl (C=O) groups is 2. The topological polar surface area (TPSA) is 59.1 Å². The Morgan fingerprint density at radius 2 is 1.80 bits per heavy atom. The van der Waals surface area contributed by atoms with E-state index in [2.05, 4.69) is 0 Å². The van der Waals surface area contributed by atoms with Gasteiger partial charge in [0, 0.05) is 19.1 Å². The molecule has 0 radical (unpaired) electrons. The molecule has 0 unspecified atom stereocenters. The molecule has 0 aromatic heterocycles. The van der Waals surface area contributed by atoms with E-state index in [0.717, 1.165) is 18.4 Å². The molecule has 2 saturated heterocycles. The highest BCUT2D eigenvalue weighted by Gasteiger charge is 2.40. The summed E-state index contributed by atoms with van der Waals surface area (Å²) in [5.41, 5.74) is 0.591. The highest BCUT2D eigenvalue weighted by Crippen LogP contribution is 2.33. The van der Waals surface area contributed by atoms with Crippen LogP contribution in [0.3, 0.4) is 0 Å². The minimum atomic E-state index is -0.495. The molecule has 0 aliphatic carbocycles. The van der Waals surface area contributed by atoms with E-state index >= 15 is 0 Å². The predicted molar refractivity (Wildman–Crippen MR) is 93.2 cm³/mol.